The van der Waals surface area contributed by atoms with Crippen molar-refractivity contribution in [1.82, 2.24) is 10.2 Å². The van der Waals surface area contributed by atoms with E-state index < -0.39 is 47.0 Å². The first-order chi connectivity index (χ1) is 13.6. The van der Waals surface area contributed by atoms with Crippen LogP contribution in [-0.4, -0.2) is 65.8 Å². The van der Waals surface area contributed by atoms with Gasteiger partial charge in [-0.25, -0.2) is 9.59 Å². The van der Waals surface area contributed by atoms with Crippen molar-refractivity contribution in [2.75, 3.05) is 19.8 Å². The number of ether oxygens (including phenoxy) is 4. The van der Waals surface area contributed by atoms with E-state index in [0.29, 0.717) is 0 Å². The monoisotopic (exact) mass is 430 g/mol. The number of rotatable bonds is 6. The van der Waals surface area contributed by atoms with Crippen LogP contribution in [0.4, 0.5) is 9.59 Å². The molecule has 2 amide bonds. The van der Waals surface area contributed by atoms with Gasteiger partial charge in [0.05, 0.1) is 25.2 Å². The maximum absolute atomic E-state index is 12.8. The highest BCUT2D eigenvalue weighted by molar-refractivity contribution is 5.75. The second-order valence-corrected chi connectivity index (χ2v) is 9.83. The average Bonchev–Trinajstić information content (AvgIpc) is 2.82. The largest absolute Gasteiger partial charge is 0.466 e. The fourth-order valence-electron chi connectivity index (χ4n) is 3.11. The SMILES string of the molecule is CCOC(=O)C(CNC(=O)OC(C)(C)C)C[C@@H]1COC(C)(C)N1C(=O)OC(C)(C)C. The molecule has 0 aromatic heterocycles. The number of nitrogens with one attached hydrogen (secondary N) is 1. The topological polar surface area (TPSA) is 103 Å². The summed E-state index contributed by atoms with van der Waals surface area (Å²) in [4.78, 5) is 38.8. The van der Waals surface area contributed by atoms with E-state index in [0.717, 1.165) is 0 Å². The number of carbonyl (C=O) groups excluding carboxylic acids is 3. The Hall–Kier alpha value is -2.03. The highest BCUT2D eigenvalue weighted by Crippen LogP contribution is 2.32. The van der Waals surface area contributed by atoms with Crippen LogP contribution in [0.5, 0.6) is 0 Å². The number of esters is 1. The first-order valence-corrected chi connectivity index (χ1v) is 10.4. The van der Waals surface area contributed by atoms with E-state index in [9.17, 15) is 14.4 Å². The van der Waals surface area contributed by atoms with E-state index >= 15 is 0 Å². The van der Waals surface area contributed by atoms with Gasteiger partial charge in [-0.05, 0) is 68.7 Å². The quantitative estimate of drug-likeness (QED) is 0.508. The molecule has 1 aliphatic heterocycles. The second-order valence-electron chi connectivity index (χ2n) is 9.83. The summed E-state index contributed by atoms with van der Waals surface area (Å²) in [5, 5.41) is 2.62. The summed E-state index contributed by atoms with van der Waals surface area (Å²) < 4.78 is 21.7. The maximum atomic E-state index is 12.8. The van der Waals surface area contributed by atoms with Crippen molar-refractivity contribution >= 4 is 18.2 Å². The molecule has 1 aliphatic rings. The van der Waals surface area contributed by atoms with E-state index in [4.69, 9.17) is 18.9 Å². The highest BCUT2D eigenvalue weighted by Gasteiger charge is 2.47. The lowest BCUT2D eigenvalue weighted by molar-refractivity contribution is -0.148. The molecule has 0 radical (unpaired) electrons. The van der Waals surface area contributed by atoms with E-state index in [1.165, 1.54) is 4.90 Å². The maximum Gasteiger partial charge on any atom is 0.412 e. The van der Waals surface area contributed by atoms with Crippen LogP contribution >= 0.6 is 0 Å². The summed E-state index contributed by atoms with van der Waals surface area (Å²) in [6, 6.07) is -0.412. The van der Waals surface area contributed by atoms with Crippen LogP contribution in [0.15, 0.2) is 0 Å². The molecule has 1 saturated heterocycles. The molecule has 30 heavy (non-hydrogen) atoms. The summed E-state index contributed by atoms with van der Waals surface area (Å²) in [6.45, 7) is 16.4. The van der Waals surface area contributed by atoms with E-state index in [-0.39, 0.29) is 26.2 Å². The number of hydrogen-bond donors (Lipinski definition) is 1. The predicted octanol–water partition coefficient (Wildman–Crippen LogP) is 3.45. The van der Waals surface area contributed by atoms with Crippen LogP contribution in [0.3, 0.4) is 0 Å². The molecule has 1 N–H and O–H groups in total. The van der Waals surface area contributed by atoms with Crippen molar-refractivity contribution < 1.29 is 33.3 Å². The third-order valence-electron chi connectivity index (χ3n) is 4.23. The minimum absolute atomic E-state index is 0.0207. The van der Waals surface area contributed by atoms with Crippen molar-refractivity contribution in [3.8, 4) is 0 Å². The van der Waals surface area contributed by atoms with Crippen molar-refractivity contribution in [3.63, 3.8) is 0 Å². The molecule has 0 aromatic carbocycles. The average molecular weight is 431 g/mol. The van der Waals surface area contributed by atoms with Crippen LogP contribution in [-0.2, 0) is 23.7 Å². The molecule has 9 nitrogen and oxygen atoms in total. The Bertz CT molecular complexity index is 620. The lowest BCUT2D eigenvalue weighted by Gasteiger charge is -2.35. The number of hydrogen-bond acceptors (Lipinski definition) is 7. The zero-order chi connectivity index (χ0) is 23.3. The summed E-state index contributed by atoms with van der Waals surface area (Å²) >= 11 is 0. The van der Waals surface area contributed by atoms with Crippen molar-refractivity contribution in [2.45, 2.75) is 91.7 Å². The summed E-state index contributed by atoms with van der Waals surface area (Å²) in [5.74, 6) is -1.13. The zero-order valence-electron chi connectivity index (χ0n) is 19.8. The number of carbonyl (C=O) groups is 3. The Morgan fingerprint density at radius 2 is 1.67 bits per heavy atom. The molecular weight excluding hydrogens is 392 g/mol. The van der Waals surface area contributed by atoms with Gasteiger partial charge in [0, 0.05) is 6.54 Å². The Kier molecular flexibility index (Phi) is 8.54. The lowest BCUT2D eigenvalue weighted by atomic mass is 9.99. The molecule has 0 bridgehead atoms. The summed E-state index contributed by atoms with van der Waals surface area (Å²) in [5.41, 5.74) is -2.20. The van der Waals surface area contributed by atoms with Gasteiger partial charge in [0.2, 0.25) is 0 Å². The molecule has 2 atom stereocenters. The Labute approximate surface area is 179 Å². The second kappa shape index (κ2) is 9.85. The first kappa shape index (κ1) is 26.0. The van der Waals surface area contributed by atoms with E-state index in [1.807, 2.05) is 0 Å². The van der Waals surface area contributed by atoms with Gasteiger partial charge in [-0.15, -0.1) is 0 Å². The minimum Gasteiger partial charge on any atom is -0.466 e. The molecular formula is C21H38N2O7. The van der Waals surface area contributed by atoms with E-state index in [1.54, 1.807) is 62.3 Å². The standard InChI is InChI=1S/C21H38N2O7/c1-10-27-16(24)14(12-22-17(25)29-19(2,3)4)11-15-13-28-21(8,9)23(15)18(26)30-20(5,6)7/h14-15H,10-13H2,1-9H3,(H,22,25)/t14?,15-/m1/s1. The minimum atomic E-state index is -0.884. The van der Waals surface area contributed by atoms with Crippen LogP contribution in [0.1, 0.15) is 68.7 Å². The zero-order valence-corrected chi connectivity index (χ0v) is 19.8. The van der Waals surface area contributed by atoms with Gasteiger partial charge in [0.15, 0.2) is 0 Å². The molecule has 1 heterocycles. The van der Waals surface area contributed by atoms with Gasteiger partial charge < -0.3 is 24.3 Å². The fourth-order valence-corrected chi connectivity index (χ4v) is 3.11. The smallest absolute Gasteiger partial charge is 0.412 e. The lowest BCUT2D eigenvalue weighted by Crippen LogP contribution is -2.51. The van der Waals surface area contributed by atoms with Gasteiger partial charge >= 0.3 is 18.2 Å². The van der Waals surface area contributed by atoms with Gasteiger partial charge in [-0.1, -0.05) is 0 Å². The van der Waals surface area contributed by atoms with Gasteiger partial charge in [0.25, 0.3) is 0 Å². The van der Waals surface area contributed by atoms with Crippen LogP contribution in [0.2, 0.25) is 0 Å². The molecule has 1 unspecified atom stereocenters. The molecule has 1 fully saturated rings. The first-order valence-electron chi connectivity index (χ1n) is 10.4. The van der Waals surface area contributed by atoms with Crippen LogP contribution < -0.4 is 5.32 Å². The highest BCUT2D eigenvalue weighted by atomic mass is 16.6. The fraction of sp³-hybridized carbons (Fsp3) is 0.857. The number of amides is 2. The van der Waals surface area contributed by atoms with Crippen LogP contribution in [0.25, 0.3) is 0 Å². The molecule has 0 spiro atoms. The summed E-state index contributed by atoms with van der Waals surface area (Å²) in [6.07, 6.45) is -0.890. The van der Waals surface area contributed by atoms with Crippen molar-refractivity contribution in [2.24, 2.45) is 5.92 Å². The Balaban J connectivity index is 2.93. The Morgan fingerprint density at radius 1 is 1.10 bits per heavy atom. The van der Waals surface area contributed by atoms with Crippen molar-refractivity contribution in [1.29, 1.82) is 0 Å². The molecule has 174 valence electrons. The molecule has 0 aliphatic carbocycles. The van der Waals surface area contributed by atoms with Crippen LogP contribution in [0, 0.1) is 5.92 Å². The van der Waals surface area contributed by atoms with Crippen molar-refractivity contribution in [3.05, 3.63) is 0 Å². The molecule has 0 aromatic rings. The normalized spacial score (nSPS) is 19.8. The molecule has 0 saturated carbocycles. The third kappa shape index (κ3) is 8.38. The third-order valence-corrected chi connectivity index (χ3v) is 4.23. The van der Waals surface area contributed by atoms with Gasteiger partial charge in [-0.2, -0.15) is 0 Å². The number of alkyl carbamates (subject to hydrolysis) is 1. The number of nitrogens with zero attached hydrogens (tertiary/aromatic N) is 1. The molecule has 1 rings (SSSR count). The van der Waals surface area contributed by atoms with Gasteiger partial charge in [-0.3, -0.25) is 9.69 Å². The predicted molar refractivity (Wildman–Crippen MR) is 111 cm³/mol. The Morgan fingerprint density at radius 3 is 2.17 bits per heavy atom. The van der Waals surface area contributed by atoms with Gasteiger partial charge in [0.1, 0.15) is 16.9 Å². The van der Waals surface area contributed by atoms with E-state index in [2.05, 4.69) is 5.32 Å². The molecule has 9 heteroatoms. The summed E-state index contributed by atoms with van der Waals surface area (Å²) in [7, 11) is 0.